The van der Waals surface area contributed by atoms with Crippen LogP contribution in [0.4, 0.5) is 0 Å². The monoisotopic (exact) mass is 580 g/mol. The van der Waals surface area contributed by atoms with Crippen LogP contribution in [0.5, 0.6) is 0 Å². The number of nitrogens with one attached hydrogen (secondary N) is 2. The van der Waals surface area contributed by atoms with Gasteiger partial charge in [0.05, 0.1) is 21.7 Å². The minimum absolute atomic E-state index is 0.115. The summed E-state index contributed by atoms with van der Waals surface area (Å²) in [6, 6.07) is 7.47. The molecule has 3 heterocycles. The van der Waals surface area contributed by atoms with E-state index in [-0.39, 0.29) is 21.7 Å². The summed E-state index contributed by atoms with van der Waals surface area (Å²) >= 11 is 0. The number of fused-ring (bicyclic) bond motifs is 12. The Morgan fingerprint density at radius 3 is 1.39 bits per heavy atom. The molecule has 1 aromatic carbocycles. The third kappa shape index (κ3) is 5.63. The highest BCUT2D eigenvalue weighted by Crippen LogP contribution is 2.30. The summed E-state index contributed by atoms with van der Waals surface area (Å²) in [6.45, 7) is 12.8. The van der Waals surface area contributed by atoms with Crippen molar-refractivity contribution in [3.05, 3.63) is 124 Å². The lowest BCUT2D eigenvalue weighted by atomic mass is 9.83. The largest absolute Gasteiger partial charge is 0.353 e. The number of aromatic nitrogens is 4. The van der Waals surface area contributed by atoms with E-state index >= 15 is 0 Å². The molecule has 6 rings (SSSR count). The van der Waals surface area contributed by atoms with Crippen molar-refractivity contribution in [1.82, 2.24) is 19.9 Å². The van der Waals surface area contributed by atoms with E-state index in [1.54, 1.807) is 12.4 Å². The molecule has 44 heavy (non-hydrogen) atoms. The molecule has 1 aromatic heterocycles. The quantitative estimate of drug-likeness (QED) is 0.482. The summed E-state index contributed by atoms with van der Waals surface area (Å²) in [7, 11) is 0. The number of nitrogens with zero attached hydrogens (tertiary/aromatic N) is 2. The Balaban J connectivity index is 1.85. The standard InChI is InChI=1S/C38H36N4O2/c1-37(2,3)25-17-23-21-39-31-11-7-8-12-32(31)40-22-24-18-26(38(4,5)6)20-28(36(24)44)30-14-10-16-34(42-30)33-15-9-13-29(41-33)27(19-25)35(23)43/h7-22,41-42H,1-6H3. The Labute approximate surface area is 255 Å². The molecule has 2 aliphatic carbocycles. The SMILES string of the molecule is CC(C)(C)C1=Cc2c3[nH]c(c4[nH]c(c5c(=O)c(cnc6ccccc6ncc(c2=O)=C1)=CC(C(C)(C)C)=C5)C=CC=4)=CC=C3. The third-order valence-corrected chi connectivity index (χ3v) is 8.00. The predicted molar refractivity (Wildman–Crippen MR) is 183 cm³/mol. The van der Waals surface area contributed by atoms with Gasteiger partial charge >= 0.3 is 0 Å². The molecule has 0 saturated carbocycles. The van der Waals surface area contributed by atoms with Crippen molar-refractivity contribution in [2.75, 3.05) is 0 Å². The van der Waals surface area contributed by atoms with Gasteiger partial charge in [0, 0.05) is 45.3 Å². The van der Waals surface area contributed by atoms with Crippen molar-refractivity contribution in [2.45, 2.75) is 41.5 Å². The molecule has 8 bridgehead atoms. The second-order valence-corrected chi connectivity index (χ2v) is 13.3. The van der Waals surface area contributed by atoms with Gasteiger partial charge in [-0.1, -0.05) is 65.8 Å². The zero-order valence-corrected chi connectivity index (χ0v) is 25.9. The van der Waals surface area contributed by atoms with Gasteiger partial charge in [-0.05, 0) is 82.7 Å². The minimum atomic E-state index is -0.196. The number of H-pyrrole nitrogens is 2. The molecule has 0 fully saturated rings. The van der Waals surface area contributed by atoms with Crippen LogP contribution in [0.25, 0.3) is 59.6 Å². The fraction of sp³-hybridized carbons (Fsp3) is 0.211. The zero-order chi connectivity index (χ0) is 31.2. The molecule has 4 aliphatic rings. The molecular weight excluding hydrogens is 544 g/mol. The van der Waals surface area contributed by atoms with E-state index in [9.17, 15) is 9.59 Å². The molecule has 0 spiro atoms. The van der Waals surface area contributed by atoms with Crippen LogP contribution in [0.3, 0.4) is 0 Å². The first-order valence-electron chi connectivity index (χ1n) is 14.8. The van der Waals surface area contributed by atoms with Crippen LogP contribution in [0.15, 0.2) is 69.5 Å². The van der Waals surface area contributed by atoms with Gasteiger partial charge in [0.2, 0.25) is 0 Å². The van der Waals surface area contributed by atoms with E-state index < -0.39 is 0 Å². The smallest absolute Gasteiger partial charge is 0.196 e. The highest BCUT2D eigenvalue weighted by Gasteiger charge is 2.20. The molecule has 0 unspecified atom stereocenters. The molecule has 0 saturated heterocycles. The molecule has 2 aromatic rings. The fourth-order valence-electron chi connectivity index (χ4n) is 5.29. The Bertz CT molecular complexity index is 2170. The molecule has 6 heteroatoms. The molecule has 6 nitrogen and oxygen atoms in total. The maximum absolute atomic E-state index is 13.9. The Morgan fingerprint density at radius 2 is 1.00 bits per heavy atom. The van der Waals surface area contributed by atoms with Gasteiger partial charge in [0.25, 0.3) is 0 Å². The van der Waals surface area contributed by atoms with E-state index in [4.69, 9.17) is 9.97 Å². The van der Waals surface area contributed by atoms with Crippen molar-refractivity contribution < 1.29 is 0 Å². The number of benzene rings is 1. The van der Waals surface area contributed by atoms with Crippen molar-refractivity contribution >= 4 is 59.6 Å². The first-order valence-corrected chi connectivity index (χ1v) is 14.8. The summed E-state index contributed by atoms with van der Waals surface area (Å²) in [4.78, 5) is 44.3. The minimum Gasteiger partial charge on any atom is -0.353 e. The normalized spacial score (nSPS) is 14.7. The number of rotatable bonds is 0. The number of hydrogen-bond donors (Lipinski definition) is 2. The zero-order valence-electron chi connectivity index (χ0n) is 25.9. The maximum atomic E-state index is 13.9. The van der Waals surface area contributed by atoms with Gasteiger partial charge in [-0.25, -0.2) is 0 Å². The number of aromatic amines is 2. The molecule has 220 valence electrons. The summed E-state index contributed by atoms with van der Waals surface area (Å²) in [5, 5.41) is 2.56. The van der Waals surface area contributed by atoms with E-state index in [0.29, 0.717) is 44.0 Å². The first-order chi connectivity index (χ1) is 20.9. The van der Waals surface area contributed by atoms with E-state index in [2.05, 4.69) is 51.5 Å². The highest BCUT2D eigenvalue weighted by molar-refractivity contribution is 5.77. The summed E-state index contributed by atoms with van der Waals surface area (Å²) in [5.74, 6) is 0. The van der Waals surface area contributed by atoms with Gasteiger partial charge in [-0.2, -0.15) is 0 Å². The Hall–Kier alpha value is -5.10. The molecule has 0 radical (unpaired) electrons. The lowest BCUT2D eigenvalue weighted by Gasteiger charge is -2.22. The molecular formula is C38H36N4O2. The average Bonchev–Trinajstić information content (AvgIpc) is 2.99. The number of hydrogen-bond acceptors (Lipinski definition) is 4. The van der Waals surface area contributed by atoms with Crippen LogP contribution < -0.4 is 32.0 Å². The van der Waals surface area contributed by atoms with Gasteiger partial charge < -0.3 is 9.97 Å². The molecule has 0 amide bonds. The van der Waals surface area contributed by atoms with Crippen molar-refractivity contribution in [3.63, 3.8) is 0 Å². The van der Waals surface area contributed by atoms with Crippen molar-refractivity contribution in [1.29, 1.82) is 0 Å². The van der Waals surface area contributed by atoms with Gasteiger partial charge in [-0.15, -0.1) is 0 Å². The van der Waals surface area contributed by atoms with E-state index in [0.717, 1.165) is 21.8 Å². The van der Waals surface area contributed by atoms with Gasteiger partial charge in [0.1, 0.15) is 0 Å². The summed E-state index contributed by atoms with van der Waals surface area (Å²) in [6.07, 6.45) is 22.6. The van der Waals surface area contributed by atoms with Crippen LogP contribution in [-0.2, 0) is 0 Å². The topological polar surface area (TPSA) is 91.5 Å². The van der Waals surface area contributed by atoms with Crippen LogP contribution in [0.2, 0.25) is 0 Å². The second kappa shape index (κ2) is 10.9. The lowest BCUT2D eigenvalue weighted by Crippen LogP contribution is -2.34. The van der Waals surface area contributed by atoms with E-state index in [1.807, 2.05) is 85.0 Å². The third-order valence-electron chi connectivity index (χ3n) is 8.00. The first kappa shape index (κ1) is 29.0. The van der Waals surface area contributed by atoms with Crippen LogP contribution in [0, 0.1) is 10.8 Å². The van der Waals surface area contributed by atoms with Crippen LogP contribution >= 0.6 is 0 Å². The average molecular weight is 581 g/mol. The second-order valence-electron chi connectivity index (χ2n) is 13.3. The highest BCUT2D eigenvalue weighted by atomic mass is 16.1. The summed E-state index contributed by atoms with van der Waals surface area (Å²) in [5.41, 5.74) is 5.14. The predicted octanol–water partition coefficient (Wildman–Crippen LogP) is 4.44. The fourth-order valence-corrected chi connectivity index (χ4v) is 5.29. The van der Waals surface area contributed by atoms with Gasteiger partial charge in [-0.3, -0.25) is 19.6 Å². The Kier molecular flexibility index (Phi) is 7.16. The van der Waals surface area contributed by atoms with Gasteiger partial charge in [0.15, 0.2) is 10.9 Å². The molecule has 2 aliphatic heterocycles. The Morgan fingerprint density at radius 1 is 0.591 bits per heavy atom. The van der Waals surface area contributed by atoms with E-state index in [1.165, 1.54) is 0 Å². The summed E-state index contributed by atoms with van der Waals surface area (Å²) < 4.78 is 0. The number of para-hydroxylation sites is 2. The van der Waals surface area contributed by atoms with Crippen LogP contribution in [-0.4, -0.2) is 19.9 Å². The van der Waals surface area contributed by atoms with Crippen molar-refractivity contribution in [2.24, 2.45) is 10.8 Å². The maximum Gasteiger partial charge on any atom is 0.196 e. The molecule has 2 N–H and O–H groups in total. The van der Waals surface area contributed by atoms with Crippen molar-refractivity contribution in [3.8, 4) is 0 Å². The van der Waals surface area contributed by atoms with Crippen LogP contribution in [0.1, 0.15) is 64.1 Å². The molecule has 0 atom stereocenters. The lowest BCUT2D eigenvalue weighted by molar-refractivity contribution is 0.526. The number of allylic oxidation sites excluding steroid dienone is 4.